The van der Waals surface area contributed by atoms with Crippen LogP contribution in [0.1, 0.15) is 27.7 Å². The van der Waals surface area contributed by atoms with Crippen molar-refractivity contribution in [3.05, 3.63) is 22.4 Å². The normalized spacial score (nSPS) is 19.2. The molecule has 1 aliphatic heterocycles. The minimum absolute atomic E-state index is 0.110. The number of nitrogens with zero attached hydrogens (tertiary/aromatic N) is 2. The van der Waals surface area contributed by atoms with Gasteiger partial charge in [-0.2, -0.15) is 0 Å². The standard InChI is InChI=1S/C13H20BN3O5/c1-12(2)13(3,4)22-14(21-12)9-7-10(17(19)20)11(16-8-9)15-5-6-18/h7-8,18H,5-6H2,1-4H3,(H,15,16). The second kappa shape index (κ2) is 5.83. The number of hydrogen-bond donors (Lipinski definition) is 2. The van der Waals surface area contributed by atoms with Crippen molar-refractivity contribution < 1.29 is 19.3 Å². The van der Waals surface area contributed by atoms with Gasteiger partial charge in [0.05, 0.1) is 22.7 Å². The summed E-state index contributed by atoms with van der Waals surface area (Å²) in [5.41, 5.74) is -0.749. The molecule has 1 aliphatic rings. The van der Waals surface area contributed by atoms with Gasteiger partial charge in [-0.05, 0) is 27.7 Å². The summed E-state index contributed by atoms with van der Waals surface area (Å²) in [6.45, 7) is 7.68. The lowest BCUT2D eigenvalue weighted by molar-refractivity contribution is -0.384. The van der Waals surface area contributed by atoms with Crippen LogP contribution in [-0.2, 0) is 9.31 Å². The van der Waals surface area contributed by atoms with E-state index in [4.69, 9.17) is 14.4 Å². The molecule has 0 aromatic carbocycles. The molecule has 22 heavy (non-hydrogen) atoms. The lowest BCUT2D eigenvalue weighted by atomic mass is 9.80. The van der Waals surface area contributed by atoms with E-state index in [1.807, 2.05) is 27.7 Å². The fraction of sp³-hybridized carbons (Fsp3) is 0.615. The predicted molar refractivity (Wildman–Crippen MR) is 82.2 cm³/mol. The van der Waals surface area contributed by atoms with Crippen molar-refractivity contribution >= 4 is 24.1 Å². The summed E-state index contributed by atoms with van der Waals surface area (Å²) >= 11 is 0. The molecule has 2 heterocycles. The molecule has 0 unspecified atom stereocenters. The molecule has 1 saturated heterocycles. The zero-order chi connectivity index (χ0) is 16.5. The summed E-state index contributed by atoms with van der Waals surface area (Å²) in [6.07, 6.45) is 1.48. The summed E-state index contributed by atoms with van der Waals surface area (Å²) in [4.78, 5) is 14.7. The van der Waals surface area contributed by atoms with Gasteiger partial charge in [-0.1, -0.05) is 0 Å². The van der Waals surface area contributed by atoms with Crippen LogP contribution in [-0.4, -0.2) is 46.5 Å². The molecule has 8 nitrogen and oxygen atoms in total. The molecule has 0 atom stereocenters. The third-order valence-corrected chi connectivity index (χ3v) is 4.02. The fourth-order valence-corrected chi connectivity index (χ4v) is 2.03. The number of rotatable bonds is 5. The van der Waals surface area contributed by atoms with Crippen molar-refractivity contribution in [2.24, 2.45) is 0 Å². The minimum atomic E-state index is -0.705. The summed E-state index contributed by atoms with van der Waals surface area (Å²) in [7, 11) is -0.705. The number of aliphatic hydroxyl groups excluding tert-OH is 1. The Bertz CT molecular complexity index is 563. The third kappa shape index (κ3) is 3.06. The van der Waals surface area contributed by atoms with Crippen LogP contribution < -0.4 is 10.8 Å². The summed E-state index contributed by atoms with van der Waals surface area (Å²) in [5.74, 6) is 0.110. The molecule has 1 aromatic heterocycles. The van der Waals surface area contributed by atoms with Crippen LogP contribution >= 0.6 is 0 Å². The van der Waals surface area contributed by atoms with E-state index in [0.717, 1.165) is 0 Å². The second-order valence-corrected chi connectivity index (χ2v) is 6.13. The van der Waals surface area contributed by atoms with Gasteiger partial charge < -0.3 is 19.7 Å². The van der Waals surface area contributed by atoms with E-state index in [1.54, 1.807) is 0 Å². The lowest BCUT2D eigenvalue weighted by Crippen LogP contribution is -2.41. The quantitative estimate of drug-likeness (QED) is 0.468. The molecule has 0 saturated carbocycles. The first kappa shape index (κ1) is 16.7. The molecule has 0 radical (unpaired) electrons. The second-order valence-electron chi connectivity index (χ2n) is 6.13. The Morgan fingerprint density at radius 1 is 1.36 bits per heavy atom. The van der Waals surface area contributed by atoms with E-state index in [-0.39, 0.29) is 24.7 Å². The Balaban J connectivity index is 2.30. The van der Waals surface area contributed by atoms with Crippen LogP contribution in [0.15, 0.2) is 12.3 Å². The number of pyridine rings is 1. The summed E-state index contributed by atoms with van der Waals surface area (Å²) < 4.78 is 11.7. The first-order valence-electron chi connectivity index (χ1n) is 7.02. The van der Waals surface area contributed by atoms with Gasteiger partial charge in [0.15, 0.2) is 0 Å². The smallest absolute Gasteiger partial charge is 0.399 e. The molecule has 1 aromatic rings. The fourth-order valence-electron chi connectivity index (χ4n) is 2.03. The molecule has 0 amide bonds. The molecular weight excluding hydrogens is 289 g/mol. The van der Waals surface area contributed by atoms with Gasteiger partial charge >= 0.3 is 12.8 Å². The van der Waals surface area contributed by atoms with Gasteiger partial charge in [0, 0.05) is 24.3 Å². The van der Waals surface area contributed by atoms with Gasteiger partial charge in [0.2, 0.25) is 5.82 Å². The zero-order valence-electron chi connectivity index (χ0n) is 13.1. The molecule has 120 valence electrons. The van der Waals surface area contributed by atoms with Crippen LogP contribution in [0.4, 0.5) is 11.5 Å². The first-order valence-corrected chi connectivity index (χ1v) is 7.02. The van der Waals surface area contributed by atoms with Crippen LogP contribution in [0.3, 0.4) is 0 Å². The van der Waals surface area contributed by atoms with Gasteiger partial charge in [-0.15, -0.1) is 0 Å². The predicted octanol–water partition coefficient (Wildman–Crippen LogP) is 0.693. The number of nitrogens with one attached hydrogen (secondary N) is 1. The average Bonchev–Trinajstić information content (AvgIpc) is 2.65. The van der Waals surface area contributed by atoms with E-state index in [9.17, 15) is 10.1 Å². The summed E-state index contributed by atoms with van der Waals surface area (Å²) in [5, 5.41) is 22.7. The maximum absolute atomic E-state index is 11.2. The monoisotopic (exact) mass is 309 g/mol. The number of aromatic nitrogens is 1. The number of anilines is 1. The number of nitro groups is 1. The third-order valence-electron chi connectivity index (χ3n) is 4.02. The van der Waals surface area contributed by atoms with E-state index in [2.05, 4.69) is 10.3 Å². The Kier molecular flexibility index (Phi) is 4.41. The van der Waals surface area contributed by atoms with E-state index in [1.165, 1.54) is 12.3 Å². The van der Waals surface area contributed by atoms with E-state index in [0.29, 0.717) is 5.46 Å². The van der Waals surface area contributed by atoms with Gasteiger partial charge in [0.1, 0.15) is 0 Å². The lowest BCUT2D eigenvalue weighted by Gasteiger charge is -2.32. The molecular formula is C13H20BN3O5. The topological polar surface area (TPSA) is 107 Å². The van der Waals surface area contributed by atoms with Crippen molar-refractivity contribution in [3.63, 3.8) is 0 Å². The number of hydrogen-bond acceptors (Lipinski definition) is 7. The van der Waals surface area contributed by atoms with Crippen molar-refractivity contribution in [3.8, 4) is 0 Å². The van der Waals surface area contributed by atoms with Crippen molar-refractivity contribution in [1.82, 2.24) is 4.98 Å². The highest BCUT2D eigenvalue weighted by molar-refractivity contribution is 6.62. The maximum Gasteiger partial charge on any atom is 0.496 e. The van der Waals surface area contributed by atoms with Crippen LogP contribution in [0.2, 0.25) is 0 Å². The van der Waals surface area contributed by atoms with Crippen LogP contribution in [0.25, 0.3) is 0 Å². The summed E-state index contributed by atoms with van der Waals surface area (Å²) in [6, 6.07) is 1.38. The molecule has 0 aliphatic carbocycles. The SMILES string of the molecule is CC1(C)OB(c2cnc(NCCO)c([N+](=O)[O-])c2)OC1(C)C. The van der Waals surface area contributed by atoms with Crippen LogP contribution in [0, 0.1) is 10.1 Å². The maximum atomic E-state index is 11.2. The molecule has 0 spiro atoms. The Morgan fingerprint density at radius 2 is 1.95 bits per heavy atom. The van der Waals surface area contributed by atoms with E-state index >= 15 is 0 Å². The molecule has 0 bridgehead atoms. The first-order chi connectivity index (χ1) is 10.2. The van der Waals surface area contributed by atoms with Gasteiger partial charge in [-0.25, -0.2) is 4.98 Å². The Labute approximate surface area is 129 Å². The molecule has 9 heteroatoms. The minimum Gasteiger partial charge on any atom is -0.399 e. The van der Waals surface area contributed by atoms with Crippen molar-refractivity contribution in [2.45, 2.75) is 38.9 Å². The Hall–Kier alpha value is -1.71. The zero-order valence-corrected chi connectivity index (χ0v) is 13.1. The highest BCUT2D eigenvalue weighted by Crippen LogP contribution is 2.36. The highest BCUT2D eigenvalue weighted by Gasteiger charge is 2.52. The van der Waals surface area contributed by atoms with Crippen LogP contribution in [0.5, 0.6) is 0 Å². The van der Waals surface area contributed by atoms with E-state index < -0.39 is 23.2 Å². The van der Waals surface area contributed by atoms with Crippen molar-refractivity contribution in [2.75, 3.05) is 18.5 Å². The molecule has 2 rings (SSSR count). The van der Waals surface area contributed by atoms with Gasteiger partial charge in [-0.3, -0.25) is 10.1 Å². The number of aliphatic hydroxyl groups is 1. The highest BCUT2D eigenvalue weighted by atomic mass is 16.7. The Morgan fingerprint density at radius 3 is 2.45 bits per heavy atom. The van der Waals surface area contributed by atoms with Crippen molar-refractivity contribution in [1.29, 1.82) is 0 Å². The van der Waals surface area contributed by atoms with Gasteiger partial charge in [0.25, 0.3) is 0 Å². The largest absolute Gasteiger partial charge is 0.496 e. The molecule has 2 N–H and O–H groups in total. The molecule has 1 fully saturated rings. The average molecular weight is 309 g/mol.